The van der Waals surface area contributed by atoms with Gasteiger partial charge in [-0.1, -0.05) is 41.6 Å². The molecular weight excluding hydrogens is 340 g/mol. The average molecular weight is 356 g/mol. The predicted molar refractivity (Wildman–Crippen MR) is 95.1 cm³/mol. The zero-order valence-corrected chi connectivity index (χ0v) is 14.4. The summed E-state index contributed by atoms with van der Waals surface area (Å²) in [6, 6.07) is 8.04. The number of nitrogens with zero attached hydrogens (tertiary/aromatic N) is 6. The van der Waals surface area contributed by atoms with E-state index in [1.54, 1.807) is 6.08 Å². The van der Waals surface area contributed by atoms with Crippen LogP contribution in [0.1, 0.15) is 5.56 Å². The van der Waals surface area contributed by atoms with E-state index in [0.717, 1.165) is 17.0 Å². The lowest BCUT2D eigenvalue weighted by molar-refractivity contribution is -0.385. The maximum Gasteiger partial charge on any atom is 0.307 e. The SMILES string of the molecule is C=CCn1c(SCn2cc([N+](=O)[O-])cn2)nnc1-c1cccc(C)c1. The van der Waals surface area contributed by atoms with Crippen LogP contribution in [0.2, 0.25) is 0 Å². The zero-order chi connectivity index (χ0) is 17.8. The standard InChI is InChI=1S/C16H16N6O2S/c1-3-7-21-15(13-6-4-5-12(2)8-13)18-19-16(21)25-11-20-10-14(9-17-20)22(23)24/h3-6,8-10H,1,7,11H2,2H3. The molecule has 25 heavy (non-hydrogen) atoms. The third-order valence-corrected chi connectivity index (χ3v) is 4.42. The van der Waals surface area contributed by atoms with E-state index in [-0.39, 0.29) is 5.69 Å². The maximum absolute atomic E-state index is 10.7. The van der Waals surface area contributed by atoms with Crippen LogP contribution in [0, 0.1) is 17.0 Å². The molecule has 0 saturated heterocycles. The first-order chi connectivity index (χ1) is 12.1. The van der Waals surface area contributed by atoms with Gasteiger partial charge in [0.05, 0.1) is 10.8 Å². The second-order valence-corrected chi connectivity index (χ2v) is 6.26. The van der Waals surface area contributed by atoms with Crippen LogP contribution in [0.4, 0.5) is 5.69 Å². The van der Waals surface area contributed by atoms with Crippen molar-refractivity contribution in [3.05, 3.63) is 65.0 Å². The van der Waals surface area contributed by atoms with Crippen molar-refractivity contribution in [2.45, 2.75) is 24.5 Å². The quantitative estimate of drug-likeness (QED) is 0.279. The van der Waals surface area contributed by atoms with Crippen molar-refractivity contribution in [2.24, 2.45) is 0 Å². The van der Waals surface area contributed by atoms with Crippen molar-refractivity contribution in [3.63, 3.8) is 0 Å². The van der Waals surface area contributed by atoms with E-state index >= 15 is 0 Å². The van der Waals surface area contributed by atoms with E-state index in [0.29, 0.717) is 17.6 Å². The molecule has 0 aliphatic carbocycles. The summed E-state index contributed by atoms with van der Waals surface area (Å²) in [6.45, 7) is 6.38. The number of aryl methyl sites for hydroxylation is 1. The summed E-state index contributed by atoms with van der Waals surface area (Å²) in [5.41, 5.74) is 2.09. The molecule has 0 bridgehead atoms. The smallest absolute Gasteiger partial charge is 0.298 e. The Balaban J connectivity index is 1.83. The van der Waals surface area contributed by atoms with E-state index < -0.39 is 4.92 Å². The van der Waals surface area contributed by atoms with Gasteiger partial charge in [-0.25, -0.2) is 0 Å². The fraction of sp³-hybridized carbons (Fsp3) is 0.188. The van der Waals surface area contributed by atoms with Gasteiger partial charge in [-0.2, -0.15) is 5.10 Å². The minimum Gasteiger partial charge on any atom is -0.298 e. The number of hydrogen-bond donors (Lipinski definition) is 0. The number of rotatable bonds is 7. The highest BCUT2D eigenvalue weighted by Gasteiger charge is 2.15. The molecule has 128 valence electrons. The number of aromatic nitrogens is 5. The molecule has 0 fully saturated rings. The van der Waals surface area contributed by atoms with E-state index in [9.17, 15) is 10.1 Å². The van der Waals surface area contributed by atoms with Gasteiger partial charge in [0.1, 0.15) is 12.4 Å². The predicted octanol–water partition coefficient (Wildman–Crippen LogP) is 3.29. The normalized spacial score (nSPS) is 10.8. The molecule has 1 aromatic carbocycles. The molecule has 0 aliphatic rings. The Morgan fingerprint density at radius 3 is 2.92 bits per heavy atom. The van der Waals surface area contributed by atoms with E-state index in [2.05, 4.69) is 27.9 Å². The average Bonchev–Trinajstić information content (AvgIpc) is 3.20. The summed E-state index contributed by atoms with van der Waals surface area (Å²) in [6.07, 6.45) is 4.40. The fourth-order valence-electron chi connectivity index (χ4n) is 2.33. The molecule has 0 spiro atoms. The summed E-state index contributed by atoms with van der Waals surface area (Å²) in [4.78, 5) is 10.3. The van der Waals surface area contributed by atoms with Crippen LogP contribution in [-0.2, 0) is 12.4 Å². The first-order valence-corrected chi connectivity index (χ1v) is 8.48. The van der Waals surface area contributed by atoms with Gasteiger partial charge in [-0.3, -0.25) is 19.4 Å². The Kier molecular flexibility index (Phi) is 4.94. The minimum absolute atomic E-state index is 0.0337. The van der Waals surface area contributed by atoms with Crippen LogP contribution in [0.15, 0.2) is 54.5 Å². The van der Waals surface area contributed by atoms with E-state index in [1.165, 1.54) is 28.8 Å². The van der Waals surface area contributed by atoms with Gasteiger partial charge >= 0.3 is 5.69 Å². The van der Waals surface area contributed by atoms with Crippen LogP contribution < -0.4 is 0 Å². The van der Waals surface area contributed by atoms with E-state index in [1.807, 2.05) is 29.7 Å². The van der Waals surface area contributed by atoms with Gasteiger partial charge in [-0.05, 0) is 13.0 Å². The Bertz CT molecular complexity index is 917. The topological polar surface area (TPSA) is 91.7 Å². The van der Waals surface area contributed by atoms with Gasteiger partial charge in [0.25, 0.3) is 0 Å². The highest BCUT2D eigenvalue weighted by atomic mass is 32.2. The molecule has 2 aromatic heterocycles. The van der Waals surface area contributed by atoms with Crippen molar-refractivity contribution in [1.29, 1.82) is 0 Å². The molecule has 0 N–H and O–H groups in total. The molecule has 0 amide bonds. The van der Waals surface area contributed by atoms with Crippen molar-refractivity contribution < 1.29 is 4.92 Å². The zero-order valence-electron chi connectivity index (χ0n) is 13.6. The first kappa shape index (κ1) is 16.9. The monoisotopic (exact) mass is 356 g/mol. The summed E-state index contributed by atoms with van der Waals surface area (Å²) >= 11 is 1.40. The molecule has 0 atom stereocenters. The number of benzene rings is 1. The second-order valence-electron chi connectivity index (χ2n) is 5.34. The fourth-order valence-corrected chi connectivity index (χ4v) is 3.13. The lowest BCUT2D eigenvalue weighted by Crippen LogP contribution is -2.02. The molecule has 0 aliphatic heterocycles. The van der Waals surface area contributed by atoms with Gasteiger partial charge in [0.2, 0.25) is 0 Å². The van der Waals surface area contributed by atoms with Gasteiger partial charge in [0, 0.05) is 12.1 Å². The third-order valence-electron chi connectivity index (χ3n) is 3.46. The first-order valence-electron chi connectivity index (χ1n) is 7.49. The lowest BCUT2D eigenvalue weighted by Gasteiger charge is -2.08. The summed E-state index contributed by atoms with van der Waals surface area (Å²) in [7, 11) is 0. The Morgan fingerprint density at radius 2 is 2.24 bits per heavy atom. The van der Waals surface area contributed by atoms with Crippen molar-refractivity contribution >= 4 is 17.4 Å². The van der Waals surface area contributed by atoms with Crippen molar-refractivity contribution in [1.82, 2.24) is 24.5 Å². The van der Waals surface area contributed by atoms with Crippen LogP contribution in [0.5, 0.6) is 0 Å². The number of hydrogen-bond acceptors (Lipinski definition) is 6. The van der Waals surface area contributed by atoms with Crippen LogP contribution in [0.3, 0.4) is 0 Å². The van der Waals surface area contributed by atoms with Gasteiger partial charge in [0.15, 0.2) is 11.0 Å². The number of allylic oxidation sites excluding steroid dienone is 1. The highest BCUT2D eigenvalue weighted by Crippen LogP contribution is 2.25. The molecule has 2 heterocycles. The van der Waals surface area contributed by atoms with E-state index in [4.69, 9.17) is 0 Å². The minimum atomic E-state index is -0.468. The summed E-state index contributed by atoms with van der Waals surface area (Å²) in [5.74, 6) is 1.16. The molecule has 0 saturated carbocycles. The number of thioether (sulfide) groups is 1. The van der Waals surface area contributed by atoms with Crippen molar-refractivity contribution in [2.75, 3.05) is 0 Å². The van der Waals surface area contributed by atoms with Crippen LogP contribution >= 0.6 is 11.8 Å². The highest BCUT2D eigenvalue weighted by molar-refractivity contribution is 7.98. The molecule has 3 rings (SSSR count). The molecule has 8 nitrogen and oxygen atoms in total. The molecule has 3 aromatic rings. The third kappa shape index (κ3) is 3.77. The molecular formula is C16H16N6O2S. The molecule has 0 unspecified atom stereocenters. The Morgan fingerprint density at radius 1 is 1.40 bits per heavy atom. The Hall–Kier alpha value is -2.94. The maximum atomic E-state index is 10.7. The second kappa shape index (κ2) is 7.31. The Labute approximate surface area is 148 Å². The lowest BCUT2D eigenvalue weighted by atomic mass is 10.1. The van der Waals surface area contributed by atoms with Crippen molar-refractivity contribution in [3.8, 4) is 11.4 Å². The van der Waals surface area contributed by atoms with Gasteiger partial charge < -0.3 is 0 Å². The summed E-state index contributed by atoms with van der Waals surface area (Å²) in [5, 5.41) is 24.0. The van der Waals surface area contributed by atoms with Crippen LogP contribution in [0.25, 0.3) is 11.4 Å². The van der Waals surface area contributed by atoms with Crippen LogP contribution in [-0.4, -0.2) is 29.5 Å². The number of nitro groups is 1. The largest absolute Gasteiger partial charge is 0.307 e. The summed E-state index contributed by atoms with van der Waals surface area (Å²) < 4.78 is 3.46. The van der Waals surface area contributed by atoms with Gasteiger partial charge in [-0.15, -0.1) is 16.8 Å². The molecule has 9 heteroatoms. The molecule has 0 radical (unpaired) electrons.